The minimum Gasteiger partial charge on any atom is -0.507 e. The summed E-state index contributed by atoms with van der Waals surface area (Å²) in [4.78, 5) is 8.29. The molecule has 18 heavy (non-hydrogen) atoms. The van der Waals surface area contributed by atoms with Crippen molar-refractivity contribution in [3.05, 3.63) is 36.7 Å². The predicted molar refractivity (Wildman–Crippen MR) is 67.6 cm³/mol. The Morgan fingerprint density at radius 2 is 1.67 bits per heavy atom. The first-order valence-corrected chi connectivity index (χ1v) is 5.27. The Morgan fingerprint density at radius 1 is 0.944 bits per heavy atom. The number of nitrogens with zero attached hydrogens (tertiary/aromatic N) is 4. The molecular weight excluding hydrogens is 227 g/mol. The molecule has 6 heteroatoms. The highest BCUT2D eigenvalue weighted by atomic mass is 16.3. The van der Waals surface area contributed by atoms with Gasteiger partial charge in [-0.15, -0.1) is 0 Å². The molecule has 0 amide bonds. The van der Waals surface area contributed by atoms with Gasteiger partial charge in [-0.2, -0.15) is 10.2 Å². The molecule has 2 radical (unpaired) electrons. The van der Waals surface area contributed by atoms with Gasteiger partial charge < -0.3 is 5.11 Å². The van der Waals surface area contributed by atoms with Gasteiger partial charge in [0.1, 0.15) is 13.6 Å². The van der Waals surface area contributed by atoms with E-state index in [0.717, 1.165) is 0 Å². The van der Waals surface area contributed by atoms with Gasteiger partial charge in [-0.25, -0.2) is 0 Å². The molecule has 0 bridgehead atoms. The van der Waals surface area contributed by atoms with Crippen LogP contribution in [0.3, 0.4) is 0 Å². The van der Waals surface area contributed by atoms with Crippen LogP contribution in [0.15, 0.2) is 36.7 Å². The predicted octanol–water partition coefficient (Wildman–Crippen LogP) is 0.586. The number of phenols is 1. The van der Waals surface area contributed by atoms with Crippen molar-refractivity contribution in [1.29, 1.82) is 0 Å². The van der Waals surface area contributed by atoms with Crippen LogP contribution in [0.5, 0.6) is 5.75 Å². The van der Waals surface area contributed by atoms with E-state index in [4.69, 9.17) is 7.85 Å². The lowest BCUT2D eigenvalue weighted by Gasteiger charge is -2.05. The van der Waals surface area contributed by atoms with Crippen molar-refractivity contribution in [3.8, 4) is 17.0 Å². The molecule has 0 unspecified atom stereocenters. The number of benzene rings is 1. The molecule has 0 atom stereocenters. The molecule has 84 valence electrons. The summed E-state index contributed by atoms with van der Waals surface area (Å²) >= 11 is 0. The minimum atomic E-state index is 0.0853. The highest BCUT2D eigenvalue weighted by molar-refractivity contribution is 6.30. The first-order chi connectivity index (χ1) is 8.74. The lowest BCUT2D eigenvalue weighted by molar-refractivity contribution is 0.477. The van der Waals surface area contributed by atoms with E-state index in [1.54, 1.807) is 36.7 Å². The Balaban J connectivity index is 2.22. The van der Waals surface area contributed by atoms with Crippen molar-refractivity contribution >= 4 is 24.5 Å². The molecule has 2 aromatic heterocycles. The standard InChI is InChI=1S/C12H7BN4O/c13-12-2-1-8(16-17-12)7-5-9-10(6-11(7)18)15-4-3-14-9/h1-6,18H. The third-order valence-electron chi connectivity index (χ3n) is 2.55. The fourth-order valence-electron chi connectivity index (χ4n) is 1.69. The lowest BCUT2D eigenvalue weighted by atomic mass is 10.0. The number of phenolic OH excluding ortho intramolecular Hbond substituents is 1. The summed E-state index contributed by atoms with van der Waals surface area (Å²) in [7, 11) is 5.47. The molecule has 0 saturated heterocycles. The van der Waals surface area contributed by atoms with Crippen LogP contribution in [-0.2, 0) is 0 Å². The molecule has 3 aromatic rings. The monoisotopic (exact) mass is 234 g/mol. The van der Waals surface area contributed by atoms with Crippen molar-refractivity contribution < 1.29 is 5.11 Å². The summed E-state index contributed by atoms with van der Waals surface area (Å²) in [5.41, 5.74) is 2.73. The Morgan fingerprint density at radius 3 is 2.33 bits per heavy atom. The van der Waals surface area contributed by atoms with Crippen LogP contribution in [0, 0.1) is 0 Å². The van der Waals surface area contributed by atoms with Gasteiger partial charge in [-0.3, -0.25) is 9.97 Å². The maximum atomic E-state index is 9.96. The second-order valence-corrected chi connectivity index (χ2v) is 3.76. The second kappa shape index (κ2) is 4.07. The van der Waals surface area contributed by atoms with Crippen LogP contribution >= 0.6 is 0 Å². The van der Waals surface area contributed by atoms with Gasteiger partial charge in [-0.1, -0.05) is 0 Å². The smallest absolute Gasteiger partial charge is 0.144 e. The zero-order valence-corrected chi connectivity index (χ0v) is 9.28. The minimum absolute atomic E-state index is 0.0853. The Hall–Kier alpha value is -2.50. The van der Waals surface area contributed by atoms with Crippen molar-refractivity contribution in [3.63, 3.8) is 0 Å². The maximum Gasteiger partial charge on any atom is 0.144 e. The largest absolute Gasteiger partial charge is 0.507 e. The van der Waals surface area contributed by atoms with E-state index in [1.807, 2.05) is 0 Å². The Bertz CT molecular complexity index is 715. The summed E-state index contributed by atoms with van der Waals surface area (Å²) in [6.45, 7) is 0. The van der Waals surface area contributed by atoms with Crippen molar-refractivity contribution in [2.24, 2.45) is 0 Å². The summed E-state index contributed by atoms with van der Waals surface area (Å²) in [5, 5.41) is 17.7. The normalized spacial score (nSPS) is 10.7. The fourth-order valence-corrected chi connectivity index (χ4v) is 1.69. The fraction of sp³-hybridized carbons (Fsp3) is 0. The van der Waals surface area contributed by atoms with E-state index in [2.05, 4.69) is 20.2 Å². The van der Waals surface area contributed by atoms with E-state index in [9.17, 15) is 5.11 Å². The summed E-state index contributed by atoms with van der Waals surface area (Å²) < 4.78 is 0. The number of hydrogen-bond acceptors (Lipinski definition) is 5. The molecule has 2 heterocycles. The number of rotatable bonds is 1. The number of hydrogen-bond donors (Lipinski definition) is 1. The molecule has 1 aromatic carbocycles. The van der Waals surface area contributed by atoms with Crippen molar-refractivity contribution in [2.45, 2.75) is 0 Å². The van der Waals surface area contributed by atoms with E-state index >= 15 is 0 Å². The van der Waals surface area contributed by atoms with Gasteiger partial charge in [0.15, 0.2) is 0 Å². The molecule has 0 aliphatic heterocycles. The molecule has 1 N–H and O–H groups in total. The number of fused-ring (bicyclic) bond motifs is 1. The average molecular weight is 234 g/mol. The zero-order chi connectivity index (χ0) is 12.5. The van der Waals surface area contributed by atoms with Gasteiger partial charge in [0.05, 0.1) is 16.7 Å². The molecule has 3 rings (SSSR count). The zero-order valence-electron chi connectivity index (χ0n) is 9.28. The SMILES string of the molecule is [B]c1ccc(-c2cc3nccnc3cc2O)nn1. The van der Waals surface area contributed by atoms with Crippen LogP contribution in [0.1, 0.15) is 0 Å². The van der Waals surface area contributed by atoms with Gasteiger partial charge in [0.25, 0.3) is 0 Å². The highest BCUT2D eigenvalue weighted by Gasteiger charge is 2.09. The van der Waals surface area contributed by atoms with Crippen LogP contribution in [0.2, 0.25) is 0 Å². The van der Waals surface area contributed by atoms with Gasteiger partial charge in [-0.05, 0) is 18.2 Å². The second-order valence-electron chi connectivity index (χ2n) is 3.76. The number of aromatic hydroxyl groups is 1. The number of aromatic nitrogens is 4. The van der Waals surface area contributed by atoms with Gasteiger partial charge >= 0.3 is 0 Å². The van der Waals surface area contributed by atoms with Crippen LogP contribution in [-0.4, -0.2) is 33.1 Å². The van der Waals surface area contributed by atoms with Gasteiger partial charge in [0.2, 0.25) is 0 Å². The topological polar surface area (TPSA) is 71.8 Å². The first kappa shape index (κ1) is 10.6. The molecule has 0 aliphatic rings. The summed E-state index contributed by atoms with van der Waals surface area (Å²) in [5.74, 6) is 0.0853. The van der Waals surface area contributed by atoms with Crippen molar-refractivity contribution in [1.82, 2.24) is 20.2 Å². The van der Waals surface area contributed by atoms with E-state index < -0.39 is 0 Å². The third-order valence-corrected chi connectivity index (χ3v) is 2.55. The van der Waals surface area contributed by atoms with E-state index in [0.29, 0.717) is 27.9 Å². The molecule has 0 fully saturated rings. The molecule has 0 saturated carbocycles. The molecule has 5 nitrogen and oxygen atoms in total. The molecule has 0 aliphatic carbocycles. The van der Waals surface area contributed by atoms with Crippen LogP contribution < -0.4 is 5.59 Å². The molecular formula is C12H7BN4O. The molecule has 0 spiro atoms. The third kappa shape index (κ3) is 1.77. The van der Waals surface area contributed by atoms with Crippen LogP contribution in [0.25, 0.3) is 22.3 Å². The van der Waals surface area contributed by atoms with Crippen molar-refractivity contribution in [2.75, 3.05) is 0 Å². The van der Waals surface area contributed by atoms with Gasteiger partial charge in [0, 0.05) is 29.6 Å². The van der Waals surface area contributed by atoms with Crippen LogP contribution in [0.4, 0.5) is 0 Å². The Labute approximate surface area is 104 Å². The first-order valence-electron chi connectivity index (χ1n) is 5.27. The average Bonchev–Trinajstić information content (AvgIpc) is 2.39. The van der Waals surface area contributed by atoms with E-state index in [1.165, 1.54) is 0 Å². The quantitative estimate of drug-likeness (QED) is 0.623. The lowest BCUT2D eigenvalue weighted by Crippen LogP contribution is -2.09. The summed E-state index contributed by atoms with van der Waals surface area (Å²) in [6, 6.07) is 6.59. The summed E-state index contributed by atoms with van der Waals surface area (Å²) in [6.07, 6.45) is 3.17. The van der Waals surface area contributed by atoms with E-state index in [-0.39, 0.29) is 5.75 Å². The maximum absolute atomic E-state index is 9.96. The highest BCUT2D eigenvalue weighted by Crippen LogP contribution is 2.30. The Kier molecular flexibility index (Phi) is 2.41.